The van der Waals surface area contributed by atoms with Crippen molar-refractivity contribution in [3.8, 4) is 5.75 Å². The molecule has 0 radical (unpaired) electrons. The first kappa shape index (κ1) is 17.0. The largest absolute Gasteiger partial charge is 0.507 e. The van der Waals surface area contributed by atoms with E-state index >= 15 is 0 Å². The number of phenols is 1. The summed E-state index contributed by atoms with van der Waals surface area (Å²) < 4.78 is 64.2. The van der Waals surface area contributed by atoms with Crippen molar-refractivity contribution in [2.24, 2.45) is 0 Å². The lowest BCUT2D eigenvalue weighted by Gasteiger charge is -2.21. The van der Waals surface area contributed by atoms with Crippen LogP contribution in [0.3, 0.4) is 0 Å². The quantitative estimate of drug-likeness (QED) is 0.692. The van der Waals surface area contributed by atoms with Crippen LogP contribution in [0.2, 0.25) is 0 Å². The summed E-state index contributed by atoms with van der Waals surface area (Å²) in [4.78, 5) is 0.875. The number of fused-ring (bicyclic) bond motifs is 1. The molecule has 130 valence electrons. The first-order chi connectivity index (χ1) is 11.1. The second kappa shape index (κ2) is 5.59. The molecular formula is C14H15NO7S2. The molecule has 1 fully saturated rings. The average molecular weight is 373 g/mol. The summed E-state index contributed by atoms with van der Waals surface area (Å²) >= 11 is 0. The summed E-state index contributed by atoms with van der Waals surface area (Å²) in [6.07, 6.45) is 1.78. The summed E-state index contributed by atoms with van der Waals surface area (Å²) in [5.74, 6) is -0.399. The molecule has 1 aliphatic rings. The van der Waals surface area contributed by atoms with E-state index in [1.807, 2.05) is 4.90 Å². The average Bonchev–Trinajstić information content (AvgIpc) is 2.97. The van der Waals surface area contributed by atoms with Crippen molar-refractivity contribution in [1.29, 1.82) is 0 Å². The molecule has 2 aromatic carbocycles. The Kier molecular flexibility index (Phi) is 3.95. The number of hydrogen-bond donors (Lipinski definition) is 3. The number of aromatic hydroxyl groups is 1. The molecule has 0 aliphatic carbocycles. The van der Waals surface area contributed by atoms with Crippen molar-refractivity contribution in [3.05, 3.63) is 24.3 Å². The van der Waals surface area contributed by atoms with Crippen molar-refractivity contribution in [3.63, 3.8) is 0 Å². The van der Waals surface area contributed by atoms with Crippen LogP contribution in [0.1, 0.15) is 12.8 Å². The second-order valence-electron chi connectivity index (χ2n) is 5.63. The molecule has 24 heavy (non-hydrogen) atoms. The first-order valence-corrected chi connectivity index (χ1v) is 9.96. The van der Waals surface area contributed by atoms with Crippen molar-refractivity contribution in [1.82, 2.24) is 0 Å². The Balaban J connectivity index is 2.39. The molecule has 1 saturated heterocycles. The van der Waals surface area contributed by atoms with E-state index in [-0.39, 0.29) is 10.8 Å². The lowest BCUT2D eigenvalue weighted by Crippen LogP contribution is -2.18. The third kappa shape index (κ3) is 3.05. The normalized spacial score (nSPS) is 16.0. The van der Waals surface area contributed by atoms with E-state index in [1.54, 1.807) is 0 Å². The van der Waals surface area contributed by atoms with Crippen LogP contribution in [0.15, 0.2) is 34.1 Å². The molecule has 0 aromatic heterocycles. The van der Waals surface area contributed by atoms with Crippen molar-refractivity contribution < 1.29 is 31.0 Å². The number of benzene rings is 2. The van der Waals surface area contributed by atoms with Crippen LogP contribution in [0.4, 0.5) is 5.69 Å². The Morgan fingerprint density at radius 2 is 1.33 bits per heavy atom. The van der Waals surface area contributed by atoms with E-state index in [2.05, 4.69) is 0 Å². The Bertz CT molecular complexity index is 1020. The topological polar surface area (TPSA) is 132 Å². The highest BCUT2D eigenvalue weighted by Crippen LogP contribution is 2.39. The zero-order chi connectivity index (χ0) is 17.7. The van der Waals surface area contributed by atoms with Gasteiger partial charge >= 0.3 is 0 Å². The van der Waals surface area contributed by atoms with Gasteiger partial charge in [-0.05, 0) is 36.4 Å². The zero-order valence-electron chi connectivity index (χ0n) is 12.4. The molecule has 1 heterocycles. The van der Waals surface area contributed by atoms with Crippen LogP contribution in [-0.2, 0) is 20.2 Å². The van der Waals surface area contributed by atoms with E-state index in [9.17, 15) is 26.5 Å². The van der Waals surface area contributed by atoms with Gasteiger partial charge in [0.25, 0.3) is 20.2 Å². The van der Waals surface area contributed by atoms with Crippen LogP contribution in [-0.4, -0.2) is 44.1 Å². The summed E-state index contributed by atoms with van der Waals surface area (Å²) in [6.45, 7) is 1.28. The molecule has 2 aromatic rings. The number of nitrogens with zero attached hydrogens (tertiary/aromatic N) is 1. The van der Waals surface area contributed by atoms with Gasteiger partial charge in [0.05, 0.1) is 9.79 Å². The Labute approximate surface area is 138 Å². The Morgan fingerprint density at radius 3 is 1.83 bits per heavy atom. The molecular weight excluding hydrogens is 358 g/mol. The molecule has 3 N–H and O–H groups in total. The number of rotatable bonds is 3. The predicted octanol–water partition coefficient (Wildman–Crippen LogP) is 1.64. The minimum Gasteiger partial charge on any atom is -0.507 e. The Hall–Kier alpha value is -1.88. The third-order valence-corrected chi connectivity index (χ3v) is 5.66. The molecule has 10 heteroatoms. The van der Waals surface area contributed by atoms with Crippen LogP contribution >= 0.6 is 0 Å². The third-order valence-electron chi connectivity index (χ3n) is 4.00. The van der Waals surface area contributed by atoms with Gasteiger partial charge in [0.1, 0.15) is 5.75 Å². The molecule has 1 aliphatic heterocycles. The van der Waals surface area contributed by atoms with Gasteiger partial charge < -0.3 is 10.0 Å². The summed E-state index contributed by atoms with van der Waals surface area (Å²) in [5.41, 5.74) is 0.386. The summed E-state index contributed by atoms with van der Waals surface area (Å²) in [7, 11) is -9.11. The molecule has 8 nitrogen and oxygen atoms in total. The number of anilines is 1. The predicted molar refractivity (Wildman–Crippen MR) is 86.7 cm³/mol. The molecule has 0 saturated carbocycles. The van der Waals surface area contributed by atoms with Gasteiger partial charge in [-0.15, -0.1) is 0 Å². The summed E-state index contributed by atoms with van der Waals surface area (Å²) in [5, 5.41) is 10.6. The maximum atomic E-state index is 11.5. The van der Waals surface area contributed by atoms with Gasteiger partial charge in [0, 0.05) is 30.2 Å². The fraction of sp³-hybridized carbons (Fsp3) is 0.286. The van der Waals surface area contributed by atoms with Gasteiger partial charge in [-0.3, -0.25) is 9.11 Å². The Morgan fingerprint density at radius 1 is 0.833 bits per heavy atom. The van der Waals surface area contributed by atoms with Gasteiger partial charge in [-0.1, -0.05) is 0 Å². The van der Waals surface area contributed by atoms with Gasteiger partial charge in [-0.25, -0.2) is 0 Å². The molecule has 0 unspecified atom stereocenters. The monoisotopic (exact) mass is 373 g/mol. The van der Waals surface area contributed by atoms with Crippen molar-refractivity contribution >= 4 is 36.7 Å². The lowest BCUT2D eigenvalue weighted by atomic mass is 10.1. The minimum absolute atomic E-state index is 0.0830. The maximum absolute atomic E-state index is 11.5. The highest BCUT2D eigenvalue weighted by atomic mass is 32.2. The smallest absolute Gasteiger partial charge is 0.294 e. The highest BCUT2D eigenvalue weighted by Gasteiger charge is 2.23. The van der Waals surface area contributed by atoms with E-state index in [0.29, 0.717) is 18.8 Å². The van der Waals surface area contributed by atoms with Gasteiger partial charge in [-0.2, -0.15) is 16.8 Å². The highest BCUT2D eigenvalue weighted by molar-refractivity contribution is 7.86. The van der Waals surface area contributed by atoms with Crippen LogP contribution in [0.5, 0.6) is 5.75 Å². The zero-order valence-corrected chi connectivity index (χ0v) is 14.0. The molecule has 0 atom stereocenters. The van der Waals surface area contributed by atoms with Crippen LogP contribution < -0.4 is 4.90 Å². The van der Waals surface area contributed by atoms with Crippen LogP contribution in [0, 0.1) is 0 Å². The van der Waals surface area contributed by atoms with E-state index in [4.69, 9.17) is 4.55 Å². The second-order valence-corrected chi connectivity index (χ2v) is 8.47. The standard InChI is InChI=1S/C14H15NO7S2/c16-13-8-11(24(20,21)22)6-9-5-10(23(17,18)19)7-12(14(9)13)15-3-1-2-4-15/h5-8,16H,1-4H2,(H,17,18,19)(H,20,21,22). The molecule has 0 spiro atoms. The van der Waals surface area contributed by atoms with Gasteiger partial charge in [0.15, 0.2) is 0 Å². The van der Waals surface area contributed by atoms with Gasteiger partial charge in [0.2, 0.25) is 0 Å². The number of hydrogen-bond acceptors (Lipinski definition) is 6. The van der Waals surface area contributed by atoms with E-state index < -0.39 is 35.8 Å². The van der Waals surface area contributed by atoms with Crippen LogP contribution in [0.25, 0.3) is 10.8 Å². The SMILES string of the molecule is O=S(=O)(O)c1cc(O)c2c(N3CCCC3)cc(S(=O)(=O)O)cc2c1. The minimum atomic E-state index is -4.58. The first-order valence-electron chi connectivity index (χ1n) is 7.08. The van der Waals surface area contributed by atoms with Crippen molar-refractivity contribution in [2.75, 3.05) is 18.0 Å². The van der Waals surface area contributed by atoms with Crippen molar-refractivity contribution in [2.45, 2.75) is 22.6 Å². The fourth-order valence-corrected chi connectivity index (χ4v) is 3.99. The number of phenolic OH excluding ortho intramolecular Hbond substituents is 1. The van der Waals surface area contributed by atoms with E-state index in [1.165, 1.54) is 6.07 Å². The van der Waals surface area contributed by atoms with E-state index in [0.717, 1.165) is 31.0 Å². The molecule has 0 amide bonds. The molecule has 3 rings (SSSR count). The maximum Gasteiger partial charge on any atom is 0.294 e. The fourth-order valence-electron chi connectivity index (χ4n) is 2.92. The summed E-state index contributed by atoms with van der Waals surface area (Å²) in [6, 6.07) is 4.26. The lowest BCUT2D eigenvalue weighted by molar-refractivity contribution is 0.471. The molecule has 0 bridgehead atoms.